The minimum Gasteiger partial charge on any atom is -0.462 e. The van der Waals surface area contributed by atoms with Crippen molar-refractivity contribution < 1.29 is 67.0 Å². The minimum absolute atomic E-state index is 0.0135. The van der Waals surface area contributed by atoms with Crippen molar-refractivity contribution in [2.24, 2.45) is 5.92 Å². The zero-order valence-corrected chi connectivity index (χ0v) is 27.1. The van der Waals surface area contributed by atoms with E-state index >= 15 is 0 Å². The highest BCUT2D eigenvalue weighted by molar-refractivity contribution is 5.77. The van der Waals surface area contributed by atoms with Crippen molar-refractivity contribution in [2.45, 2.75) is 115 Å². The van der Waals surface area contributed by atoms with Gasteiger partial charge < -0.3 is 58.4 Å². The highest BCUT2D eigenvalue weighted by Crippen LogP contribution is 2.30. The van der Waals surface area contributed by atoms with Gasteiger partial charge in [0.1, 0.15) is 42.9 Å². The fourth-order valence-corrected chi connectivity index (χ4v) is 5.56. The molecule has 0 aromatic carbocycles. The van der Waals surface area contributed by atoms with E-state index < -0.39 is 96.9 Å². The molecule has 0 aliphatic carbocycles. The number of carbonyl (C=O) groups excluding carboxylic acids is 5. The first kappa shape index (κ1) is 38.5. The summed E-state index contributed by atoms with van der Waals surface area (Å²) in [5, 5.41) is 16.9. The summed E-state index contributed by atoms with van der Waals surface area (Å²) in [7, 11) is 4.40. The molecular formula is C29H48N2O14. The second-order valence-corrected chi connectivity index (χ2v) is 11.2. The molecule has 1 amide bonds. The molecule has 0 radical (unpaired) electrons. The predicted octanol–water partition coefficient (Wildman–Crippen LogP) is -0.979. The molecule has 16 nitrogen and oxygen atoms in total. The standard InChI is InChI=1S/C29H48N2O14/c1-14(41-17(4)33)9-22(35)31-24-16(3)43-21(26(37)28(24)39-8)13-40-29-25(30-6)27(19(11-32)20(44-29)12-38-7)45-23(36)10-15(2)42-18(5)34/h11,14-16,19-21,24-30,37H,9-10,12-13H2,1-8H3,(H,31,35). The highest BCUT2D eigenvalue weighted by Gasteiger charge is 2.50. The zero-order chi connectivity index (χ0) is 33.8. The quantitative estimate of drug-likeness (QED) is 0.105. The summed E-state index contributed by atoms with van der Waals surface area (Å²) in [6.45, 7) is 7.10. The lowest BCUT2D eigenvalue weighted by Gasteiger charge is -2.46. The molecule has 0 spiro atoms. The Hall–Kier alpha value is -2.73. The van der Waals surface area contributed by atoms with Crippen LogP contribution in [0, 0.1) is 5.92 Å². The van der Waals surface area contributed by atoms with Gasteiger partial charge in [0.25, 0.3) is 0 Å². The Morgan fingerprint density at radius 3 is 2.07 bits per heavy atom. The van der Waals surface area contributed by atoms with Crippen LogP contribution in [0.2, 0.25) is 0 Å². The molecule has 3 N–H and O–H groups in total. The van der Waals surface area contributed by atoms with Crippen molar-refractivity contribution >= 4 is 30.1 Å². The van der Waals surface area contributed by atoms with Gasteiger partial charge in [-0.2, -0.15) is 0 Å². The molecule has 0 aromatic rings. The van der Waals surface area contributed by atoms with Crippen molar-refractivity contribution in [2.75, 3.05) is 34.5 Å². The van der Waals surface area contributed by atoms with E-state index in [1.54, 1.807) is 27.8 Å². The number of aldehydes is 1. The van der Waals surface area contributed by atoms with E-state index in [4.69, 9.17) is 37.9 Å². The summed E-state index contributed by atoms with van der Waals surface area (Å²) in [6, 6.07) is -1.56. The number of amides is 1. The van der Waals surface area contributed by atoms with Gasteiger partial charge in [-0.1, -0.05) is 0 Å². The number of aliphatic hydroxyl groups is 1. The van der Waals surface area contributed by atoms with Gasteiger partial charge in [0.2, 0.25) is 5.91 Å². The molecule has 258 valence electrons. The van der Waals surface area contributed by atoms with Gasteiger partial charge >= 0.3 is 17.9 Å². The van der Waals surface area contributed by atoms with Gasteiger partial charge in [-0.3, -0.25) is 19.2 Å². The zero-order valence-electron chi connectivity index (χ0n) is 27.1. The Morgan fingerprint density at radius 2 is 1.53 bits per heavy atom. The first-order chi connectivity index (χ1) is 21.3. The SMILES string of the molecule is CNC1C(OCC2OC(C)C(NC(=O)CC(C)OC(C)=O)C(OC)C2O)OC(COC)C(C=O)C1OC(=O)CC(C)OC(C)=O. The predicted molar refractivity (Wildman–Crippen MR) is 154 cm³/mol. The molecule has 16 heteroatoms. The van der Waals surface area contributed by atoms with E-state index in [0.717, 1.165) is 0 Å². The van der Waals surface area contributed by atoms with Crippen molar-refractivity contribution in [3.63, 3.8) is 0 Å². The fraction of sp³-hybridized carbons (Fsp3) is 0.828. The van der Waals surface area contributed by atoms with Crippen LogP contribution in [0.15, 0.2) is 0 Å². The number of likely N-dealkylation sites (N-methyl/N-ethyl adjacent to an activating group) is 1. The third-order valence-electron chi connectivity index (χ3n) is 7.51. The Morgan fingerprint density at radius 1 is 0.911 bits per heavy atom. The number of esters is 3. The Labute approximate surface area is 263 Å². The first-order valence-electron chi connectivity index (χ1n) is 14.8. The topological polar surface area (TPSA) is 203 Å². The van der Waals surface area contributed by atoms with Crippen LogP contribution in [-0.4, -0.2) is 137 Å². The van der Waals surface area contributed by atoms with Gasteiger partial charge in [0.05, 0.1) is 56.3 Å². The summed E-state index contributed by atoms with van der Waals surface area (Å²) >= 11 is 0. The third-order valence-corrected chi connectivity index (χ3v) is 7.51. The summed E-state index contributed by atoms with van der Waals surface area (Å²) in [5.41, 5.74) is 0. The number of hydrogen-bond donors (Lipinski definition) is 3. The van der Waals surface area contributed by atoms with Crippen LogP contribution in [0.25, 0.3) is 0 Å². The van der Waals surface area contributed by atoms with Crippen LogP contribution >= 0.6 is 0 Å². The highest BCUT2D eigenvalue weighted by atomic mass is 16.7. The lowest BCUT2D eigenvalue weighted by molar-refractivity contribution is -0.275. The maximum Gasteiger partial charge on any atom is 0.309 e. The van der Waals surface area contributed by atoms with Crippen molar-refractivity contribution in [3.8, 4) is 0 Å². The number of ether oxygens (including phenoxy) is 8. The van der Waals surface area contributed by atoms with Gasteiger partial charge in [0, 0.05) is 28.1 Å². The Kier molecular flexibility index (Phi) is 15.7. The maximum absolute atomic E-state index is 12.8. The largest absolute Gasteiger partial charge is 0.462 e. The number of rotatable bonds is 16. The number of hydrogen-bond acceptors (Lipinski definition) is 15. The first-order valence-corrected chi connectivity index (χ1v) is 14.8. The van der Waals surface area contributed by atoms with Gasteiger partial charge in [-0.25, -0.2) is 0 Å². The molecule has 12 atom stereocenters. The average molecular weight is 649 g/mol. The fourth-order valence-electron chi connectivity index (χ4n) is 5.56. The molecule has 2 saturated heterocycles. The van der Waals surface area contributed by atoms with E-state index in [-0.39, 0.29) is 26.1 Å². The molecule has 0 saturated carbocycles. The van der Waals surface area contributed by atoms with Crippen LogP contribution in [0.4, 0.5) is 0 Å². The van der Waals surface area contributed by atoms with Crippen molar-refractivity contribution in [1.82, 2.24) is 10.6 Å². The van der Waals surface area contributed by atoms with Crippen LogP contribution in [0.3, 0.4) is 0 Å². The Balaban J connectivity index is 2.14. The molecule has 2 fully saturated rings. The molecule has 0 bridgehead atoms. The lowest BCUT2D eigenvalue weighted by atomic mass is 9.88. The number of aliphatic hydroxyl groups excluding tert-OH is 1. The molecule has 45 heavy (non-hydrogen) atoms. The number of nitrogens with one attached hydrogen (secondary N) is 2. The number of carbonyl (C=O) groups is 5. The lowest BCUT2D eigenvalue weighted by Crippen LogP contribution is -2.65. The van der Waals surface area contributed by atoms with E-state index in [2.05, 4.69) is 10.6 Å². The van der Waals surface area contributed by atoms with Gasteiger partial charge in [0.15, 0.2) is 6.29 Å². The van der Waals surface area contributed by atoms with E-state index in [1.807, 2.05) is 0 Å². The van der Waals surface area contributed by atoms with Gasteiger partial charge in [-0.15, -0.1) is 0 Å². The summed E-state index contributed by atoms with van der Waals surface area (Å²) in [4.78, 5) is 60.0. The third kappa shape index (κ3) is 11.2. The monoisotopic (exact) mass is 648 g/mol. The summed E-state index contributed by atoms with van der Waals surface area (Å²) < 4.78 is 44.7. The van der Waals surface area contributed by atoms with Crippen molar-refractivity contribution in [1.29, 1.82) is 0 Å². The van der Waals surface area contributed by atoms with E-state index in [0.29, 0.717) is 6.29 Å². The van der Waals surface area contributed by atoms with Crippen LogP contribution in [-0.2, 0) is 61.9 Å². The minimum atomic E-state index is -1.24. The molecule has 0 aromatic heterocycles. The summed E-state index contributed by atoms with van der Waals surface area (Å²) in [6.07, 6.45) is -7.73. The Bertz CT molecular complexity index is 998. The average Bonchev–Trinajstić information content (AvgIpc) is 2.93. The van der Waals surface area contributed by atoms with Crippen LogP contribution in [0.5, 0.6) is 0 Å². The van der Waals surface area contributed by atoms with Crippen LogP contribution in [0.1, 0.15) is 47.5 Å². The second kappa shape index (κ2) is 18.4. The molecule has 2 heterocycles. The molecule has 2 aliphatic heterocycles. The van der Waals surface area contributed by atoms with Crippen molar-refractivity contribution in [3.05, 3.63) is 0 Å². The van der Waals surface area contributed by atoms with Crippen LogP contribution < -0.4 is 10.6 Å². The normalized spacial score (nSPS) is 32.9. The van der Waals surface area contributed by atoms with E-state index in [9.17, 15) is 29.1 Å². The maximum atomic E-state index is 12.8. The van der Waals surface area contributed by atoms with Gasteiger partial charge in [-0.05, 0) is 27.8 Å². The second-order valence-electron chi connectivity index (χ2n) is 11.2. The number of methoxy groups -OCH3 is 2. The molecule has 2 aliphatic rings. The molecular weight excluding hydrogens is 600 g/mol. The smallest absolute Gasteiger partial charge is 0.309 e. The molecule has 12 unspecified atom stereocenters. The van der Waals surface area contributed by atoms with E-state index in [1.165, 1.54) is 28.1 Å². The molecule has 2 rings (SSSR count). The summed E-state index contributed by atoms with van der Waals surface area (Å²) in [5.74, 6) is -3.09.